The monoisotopic (exact) mass is 518 g/mol. The molecule has 0 atom stereocenters. The predicted octanol–water partition coefficient (Wildman–Crippen LogP) is 1.09. The minimum Gasteiger partial charge on any atom is -1.00 e. The minimum absolute atomic E-state index is 0. The molecule has 0 amide bonds. The van der Waals surface area contributed by atoms with Crippen molar-refractivity contribution in [3.8, 4) is 0 Å². The first kappa shape index (κ1) is 31.1. The molecule has 169 valence electrons. The second kappa shape index (κ2) is 12.0. The molecule has 0 aliphatic rings. The second-order valence-corrected chi connectivity index (χ2v) is 12.8. The van der Waals surface area contributed by atoms with Gasteiger partial charge in [0.15, 0.2) is 0 Å². The number of H-pyrrole nitrogens is 1. The van der Waals surface area contributed by atoms with Gasteiger partial charge in [-0.2, -0.15) is 16.6 Å². The SMILES string of the molecule is CC(C)(C)c1[c-][nH]c2cccc(C(C)(C)C)c12.C[Si](C)c1cc2ccccc2[cH-]1.[Cl-].[Cl-].[Ti+4]. The number of aromatic amines is 1. The number of hydrogen-bond acceptors (Lipinski definition) is 0. The Morgan fingerprint density at radius 1 is 0.844 bits per heavy atom. The minimum atomic E-state index is -0.273. The zero-order valence-corrected chi connectivity index (χ0v) is 24.5. The quantitative estimate of drug-likeness (QED) is 0.287. The number of benzene rings is 2. The molecule has 0 bridgehead atoms. The van der Waals surface area contributed by atoms with Crippen LogP contribution in [-0.4, -0.2) is 13.8 Å². The molecule has 32 heavy (non-hydrogen) atoms. The zero-order chi connectivity index (χ0) is 21.4. The number of halogens is 2. The third-order valence-corrected chi connectivity index (χ3v) is 6.83. The molecular weight excluding hydrogens is 485 g/mol. The average molecular weight is 519 g/mol. The van der Waals surface area contributed by atoms with Gasteiger partial charge in [-0.25, -0.2) is 0 Å². The Kier molecular flexibility index (Phi) is 11.7. The van der Waals surface area contributed by atoms with Crippen molar-refractivity contribution in [2.75, 3.05) is 0 Å². The third-order valence-electron chi connectivity index (χ3n) is 5.39. The standard InChI is InChI=1S/C16H22N.C11H12Si.2ClH.Ti/c1-15(2,3)11-8-7-9-13-14(11)12(10-17-13)16(4,5)6;1-12(2)11-7-9-5-3-4-6-10(9)8-11;;;/h7-9,17H,1-6H3;3-8H,1-2H3;2*1H;/q2*-1;;;+4/p-2. The second-order valence-electron chi connectivity index (χ2n) is 10.2. The van der Waals surface area contributed by atoms with Gasteiger partial charge in [0.2, 0.25) is 0 Å². The van der Waals surface area contributed by atoms with E-state index in [1.165, 1.54) is 32.8 Å². The molecule has 4 rings (SSSR count). The summed E-state index contributed by atoms with van der Waals surface area (Å²) in [5.74, 6) is 0. The molecule has 0 fully saturated rings. The van der Waals surface area contributed by atoms with Crippen molar-refractivity contribution in [1.29, 1.82) is 0 Å². The number of aromatic nitrogens is 1. The smallest absolute Gasteiger partial charge is 1.00 e. The van der Waals surface area contributed by atoms with Gasteiger partial charge < -0.3 is 29.8 Å². The number of nitrogens with one attached hydrogen (secondary N) is 1. The van der Waals surface area contributed by atoms with E-state index in [0.29, 0.717) is 0 Å². The number of rotatable bonds is 1. The van der Waals surface area contributed by atoms with Gasteiger partial charge in [-0.15, -0.1) is 58.4 Å². The Morgan fingerprint density at radius 2 is 1.47 bits per heavy atom. The van der Waals surface area contributed by atoms with Crippen molar-refractivity contribution in [1.82, 2.24) is 4.98 Å². The number of fused-ring (bicyclic) bond motifs is 2. The van der Waals surface area contributed by atoms with E-state index in [2.05, 4.69) is 120 Å². The van der Waals surface area contributed by atoms with Crippen molar-refractivity contribution < 1.29 is 46.5 Å². The zero-order valence-electron chi connectivity index (χ0n) is 20.5. The molecule has 5 heteroatoms. The number of hydrogen-bond donors (Lipinski definition) is 1. The first-order valence-electron chi connectivity index (χ1n) is 10.5. The van der Waals surface area contributed by atoms with E-state index in [1.54, 1.807) is 5.19 Å². The molecule has 0 spiro atoms. The molecule has 1 heterocycles. The molecular formula is C27H34Cl2NSiTi. The van der Waals surface area contributed by atoms with E-state index >= 15 is 0 Å². The Hall–Kier alpha value is -0.899. The molecule has 1 nitrogen and oxygen atoms in total. The predicted molar refractivity (Wildman–Crippen MR) is 131 cm³/mol. The average Bonchev–Trinajstić information content (AvgIpc) is 3.25. The molecule has 1 N–H and O–H groups in total. The van der Waals surface area contributed by atoms with Crippen molar-refractivity contribution in [3.63, 3.8) is 0 Å². The van der Waals surface area contributed by atoms with Crippen LogP contribution in [-0.2, 0) is 32.5 Å². The van der Waals surface area contributed by atoms with E-state index < -0.39 is 0 Å². The van der Waals surface area contributed by atoms with Crippen molar-refractivity contribution >= 4 is 35.7 Å². The molecule has 0 saturated heterocycles. The summed E-state index contributed by atoms with van der Waals surface area (Å²) < 4.78 is 0. The Bertz CT molecular complexity index is 1080. The Labute approximate surface area is 223 Å². The van der Waals surface area contributed by atoms with Crippen LogP contribution in [0.2, 0.25) is 13.1 Å². The van der Waals surface area contributed by atoms with Gasteiger partial charge in [0.05, 0.1) is 8.80 Å². The van der Waals surface area contributed by atoms with Gasteiger partial charge in [-0.3, -0.25) is 0 Å². The van der Waals surface area contributed by atoms with Crippen LogP contribution in [0.4, 0.5) is 0 Å². The molecule has 0 aliphatic carbocycles. The van der Waals surface area contributed by atoms with Crippen molar-refractivity contribution in [2.24, 2.45) is 0 Å². The molecule has 0 saturated carbocycles. The van der Waals surface area contributed by atoms with Gasteiger partial charge in [-0.05, 0) is 10.8 Å². The van der Waals surface area contributed by atoms with Crippen LogP contribution in [0.5, 0.6) is 0 Å². The van der Waals surface area contributed by atoms with E-state index in [0.717, 1.165) is 0 Å². The summed E-state index contributed by atoms with van der Waals surface area (Å²) in [4.78, 5) is 3.28. The summed E-state index contributed by atoms with van der Waals surface area (Å²) >= 11 is 0. The fourth-order valence-corrected chi connectivity index (χ4v) is 4.63. The summed E-state index contributed by atoms with van der Waals surface area (Å²) in [5.41, 5.74) is 4.17. The van der Waals surface area contributed by atoms with Crippen LogP contribution >= 0.6 is 0 Å². The van der Waals surface area contributed by atoms with Crippen LogP contribution < -0.4 is 30.0 Å². The van der Waals surface area contributed by atoms with E-state index in [9.17, 15) is 0 Å². The topological polar surface area (TPSA) is 15.8 Å². The van der Waals surface area contributed by atoms with Crippen LogP contribution in [0.25, 0.3) is 21.7 Å². The van der Waals surface area contributed by atoms with Crippen LogP contribution in [0, 0.1) is 6.20 Å². The van der Waals surface area contributed by atoms with E-state index in [4.69, 9.17) is 0 Å². The molecule has 3 aromatic carbocycles. The fourth-order valence-electron chi connectivity index (χ4n) is 3.74. The maximum Gasteiger partial charge on any atom is 4.00 e. The fraction of sp³-hybridized carbons (Fsp3) is 0.370. The van der Waals surface area contributed by atoms with E-state index in [1.807, 2.05) is 0 Å². The Balaban J connectivity index is 0.000000573. The van der Waals surface area contributed by atoms with Crippen LogP contribution in [0.3, 0.4) is 0 Å². The van der Waals surface area contributed by atoms with Gasteiger partial charge in [0.25, 0.3) is 0 Å². The molecule has 4 aromatic rings. The Morgan fingerprint density at radius 3 is 2.00 bits per heavy atom. The maximum absolute atomic E-state index is 3.34. The summed E-state index contributed by atoms with van der Waals surface area (Å²) in [6.07, 6.45) is 3.34. The first-order valence-corrected chi connectivity index (χ1v) is 13.0. The van der Waals surface area contributed by atoms with Gasteiger partial charge in [0, 0.05) is 0 Å². The maximum atomic E-state index is 3.34. The third kappa shape index (κ3) is 7.05. The van der Waals surface area contributed by atoms with Gasteiger partial charge in [0.1, 0.15) is 0 Å². The molecule has 0 unspecified atom stereocenters. The normalized spacial score (nSPS) is 11.3. The molecule has 1 radical (unpaired) electrons. The van der Waals surface area contributed by atoms with E-state index in [-0.39, 0.29) is 66.2 Å². The van der Waals surface area contributed by atoms with Crippen molar-refractivity contribution in [2.45, 2.75) is 65.5 Å². The first-order chi connectivity index (χ1) is 13.5. The van der Waals surface area contributed by atoms with Crippen molar-refractivity contribution in [3.05, 3.63) is 71.9 Å². The van der Waals surface area contributed by atoms with Crippen LogP contribution in [0.15, 0.2) is 54.6 Å². The van der Waals surface area contributed by atoms with Crippen LogP contribution in [0.1, 0.15) is 52.7 Å². The summed E-state index contributed by atoms with van der Waals surface area (Å²) in [7, 11) is -0.273. The molecule has 1 aromatic heterocycles. The van der Waals surface area contributed by atoms with Gasteiger partial charge in [-0.1, -0.05) is 78.4 Å². The van der Waals surface area contributed by atoms with Gasteiger partial charge >= 0.3 is 21.7 Å². The summed E-state index contributed by atoms with van der Waals surface area (Å²) in [6, 6.07) is 19.7. The summed E-state index contributed by atoms with van der Waals surface area (Å²) in [5, 5.41) is 5.67. The molecule has 0 aliphatic heterocycles. The largest absolute Gasteiger partial charge is 4.00 e. The summed E-state index contributed by atoms with van der Waals surface area (Å²) in [6.45, 7) is 18.2.